The van der Waals surface area contributed by atoms with Crippen LogP contribution in [0.25, 0.3) is 0 Å². The van der Waals surface area contributed by atoms with E-state index < -0.39 is 5.54 Å². The molecule has 3 nitrogen and oxygen atoms in total. The zero-order chi connectivity index (χ0) is 13.9. The van der Waals surface area contributed by atoms with Gasteiger partial charge >= 0.3 is 0 Å². The monoisotopic (exact) mass is 260 g/mol. The second-order valence-corrected chi connectivity index (χ2v) is 5.70. The fourth-order valence-electron chi connectivity index (χ4n) is 2.61. The topological polar surface area (TPSA) is 32.3 Å². The third kappa shape index (κ3) is 2.98. The standard InChI is InChI=1S/C16H24N2O/c1-4-13-9-5-6-10-14(13)18-12-8-7-11-17-16(2,3)15(18)19/h5-6,9-10,17H,4,7-8,11-12H2,1-3H3. The molecule has 0 spiro atoms. The molecule has 0 aliphatic carbocycles. The number of nitrogens with one attached hydrogen (secondary N) is 1. The molecule has 1 fully saturated rings. The van der Waals surface area contributed by atoms with Crippen molar-refractivity contribution < 1.29 is 4.79 Å². The summed E-state index contributed by atoms with van der Waals surface area (Å²) in [5.41, 5.74) is 1.83. The number of carbonyl (C=O) groups is 1. The van der Waals surface area contributed by atoms with Gasteiger partial charge in [0.15, 0.2) is 0 Å². The lowest BCUT2D eigenvalue weighted by Gasteiger charge is -2.36. The molecule has 104 valence electrons. The molecule has 0 atom stereocenters. The molecule has 0 radical (unpaired) electrons. The van der Waals surface area contributed by atoms with Gasteiger partial charge in [0.25, 0.3) is 0 Å². The van der Waals surface area contributed by atoms with Gasteiger partial charge in [0.1, 0.15) is 0 Å². The molecule has 1 aliphatic heterocycles. The van der Waals surface area contributed by atoms with Crippen molar-refractivity contribution in [3.8, 4) is 0 Å². The maximum atomic E-state index is 12.8. The van der Waals surface area contributed by atoms with Gasteiger partial charge in [0.2, 0.25) is 5.91 Å². The van der Waals surface area contributed by atoms with E-state index in [1.807, 2.05) is 30.9 Å². The highest BCUT2D eigenvalue weighted by atomic mass is 16.2. The number of benzene rings is 1. The fraction of sp³-hybridized carbons (Fsp3) is 0.562. The van der Waals surface area contributed by atoms with E-state index in [2.05, 4.69) is 24.4 Å². The van der Waals surface area contributed by atoms with Crippen molar-refractivity contribution in [1.82, 2.24) is 5.32 Å². The van der Waals surface area contributed by atoms with E-state index in [1.54, 1.807) is 0 Å². The average molecular weight is 260 g/mol. The second-order valence-electron chi connectivity index (χ2n) is 5.70. The predicted octanol–water partition coefficient (Wildman–Crippen LogP) is 2.74. The van der Waals surface area contributed by atoms with Gasteiger partial charge < -0.3 is 10.2 Å². The van der Waals surface area contributed by atoms with Crippen molar-refractivity contribution in [3.05, 3.63) is 29.8 Å². The first-order valence-corrected chi connectivity index (χ1v) is 7.21. The average Bonchev–Trinajstić information content (AvgIpc) is 2.41. The molecule has 2 rings (SSSR count). The summed E-state index contributed by atoms with van der Waals surface area (Å²) in [7, 11) is 0. The first-order valence-electron chi connectivity index (χ1n) is 7.21. The molecule has 19 heavy (non-hydrogen) atoms. The number of amides is 1. The number of aryl methyl sites for hydroxylation is 1. The summed E-state index contributed by atoms with van der Waals surface area (Å²) in [6.07, 6.45) is 3.11. The van der Waals surface area contributed by atoms with Crippen LogP contribution in [-0.4, -0.2) is 24.5 Å². The number of para-hydroxylation sites is 1. The Kier molecular flexibility index (Phi) is 4.25. The van der Waals surface area contributed by atoms with Crippen molar-refractivity contribution in [3.63, 3.8) is 0 Å². The van der Waals surface area contributed by atoms with Gasteiger partial charge in [-0.2, -0.15) is 0 Å². The highest BCUT2D eigenvalue weighted by molar-refractivity contribution is 6.00. The van der Waals surface area contributed by atoms with Gasteiger partial charge in [-0.25, -0.2) is 0 Å². The molecule has 0 unspecified atom stereocenters. The summed E-state index contributed by atoms with van der Waals surface area (Å²) in [4.78, 5) is 14.7. The zero-order valence-electron chi connectivity index (χ0n) is 12.2. The molecule has 3 heteroatoms. The van der Waals surface area contributed by atoms with E-state index in [1.165, 1.54) is 5.56 Å². The second kappa shape index (κ2) is 5.74. The number of hydrogen-bond donors (Lipinski definition) is 1. The Morgan fingerprint density at radius 3 is 2.74 bits per heavy atom. The Morgan fingerprint density at radius 1 is 1.26 bits per heavy atom. The zero-order valence-corrected chi connectivity index (χ0v) is 12.2. The minimum Gasteiger partial charge on any atom is -0.311 e. The molecule has 0 bridgehead atoms. The van der Waals surface area contributed by atoms with Crippen LogP contribution in [0.5, 0.6) is 0 Å². The van der Waals surface area contributed by atoms with E-state index in [-0.39, 0.29) is 5.91 Å². The lowest BCUT2D eigenvalue weighted by molar-refractivity contribution is -0.124. The van der Waals surface area contributed by atoms with E-state index in [4.69, 9.17) is 0 Å². The third-order valence-electron chi connectivity index (χ3n) is 3.82. The summed E-state index contributed by atoms with van der Waals surface area (Å²) >= 11 is 0. The predicted molar refractivity (Wildman–Crippen MR) is 79.5 cm³/mol. The summed E-state index contributed by atoms with van der Waals surface area (Å²) in [5.74, 6) is 0.174. The normalized spacial score (nSPS) is 19.9. The van der Waals surface area contributed by atoms with Crippen LogP contribution in [0.15, 0.2) is 24.3 Å². The molecule has 1 aliphatic rings. The van der Waals surface area contributed by atoms with Crippen LogP contribution in [0.1, 0.15) is 39.2 Å². The number of nitrogens with zero attached hydrogens (tertiary/aromatic N) is 1. The van der Waals surface area contributed by atoms with E-state index in [0.717, 1.165) is 38.0 Å². The molecule has 1 N–H and O–H groups in total. The Bertz CT molecular complexity index is 454. The minimum absolute atomic E-state index is 0.174. The van der Waals surface area contributed by atoms with Crippen LogP contribution in [0.4, 0.5) is 5.69 Å². The molecule has 1 amide bonds. The molecule has 0 aromatic heterocycles. The highest BCUT2D eigenvalue weighted by Gasteiger charge is 2.33. The first-order chi connectivity index (χ1) is 9.06. The van der Waals surface area contributed by atoms with Gasteiger partial charge in [-0.1, -0.05) is 25.1 Å². The van der Waals surface area contributed by atoms with Gasteiger partial charge in [0.05, 0.1) is 5.54 Å². The number of carbonyl (C=O) groups excluding carboxylic acids is 1. The first kappa shape index (κ1) is 14.1. The maximum absolute atomic E-state index is 12.8. The number of hydrogen-bond acceptors (Lipinski definition) is 2. The summed E-state index contributed by atoms with van der Waals surface area (Å²) in [5, 5.41) is 3.36. The van der Waals surface area contributed by atoms with Crippen molar-refractivity contribution in [2.24, 2.45) is 0 Å². The number of anilines is 1. The Balaban J connectivity index is 2.36. The van der Waals surface area contributed by atoms with E-state index in [0.29, 0.717) is 0 Å². The SMILES string of the molecule is CCc1ccccc1N1CCCCNC(C)(C)C1=O. The van der Waals surface area contributed by atoms with Crippen LogP contribution in [0.3, 0.4) is 0 Å². The highest BCUT2D eigenvalue weighted by Crippen LogP contribution is 2.25. The smallest absolute Gasteiger partial charge is 0.246 e. The Labute approximate surface area is 116 Å². The van der Waals surface area contributed by atoms with Crippen molar-refractivity contribution in [1.29, 1.82) is 0 Å². The lowest BCUT2D eigenvalue weighted by atomic mass is 9.99. The summed E-state index contributed by atoms with van der Waals surface area (Å²) in [6.45, 7) is 7.82. The Morgan fingerprint density at radius 2 is 2.00 bits per heavy atom. The van der Waals surface area contributed by atoms with Crippen molar-refractivity contribution in [2.45, 2.75) is 45.6 Å². The quantitative estimate of drug-likeness (QED) is 0.887. The fourth-order valence-corrected chi connectivity index (χ4v) is 2.61. The molecular formula is C16H24N2O. The van der Waals surface area contributed by atoms with Crippen LogP contribution >= 0.6 is 0 Å². The van der Waals surface area contributed by atoms with Gasteiger partial charge in [-0.3, -0.25) is 4.79 Å². The van der Waals surface area contributed by atoms with Crippen LogP contribution < -0.4 is 10.2 Å². The largest absolute Gasteiger partial charge is 0.311 e. The molecule has 1 aromatic carbocycles. The van der Waals surface area contributed by atoms with E-state index in [9.17, 15) is 4.79 Å². The van der Waals surface area contributed by atoms with E-state index >= 15 is 0 Å². The Hall–Kier alpha value is -1.35. The van der Waals surface area contributed by atoms with Crippen LogP contribution in [0, 0.1) is 0 Å². The molecule has 1 saturated heterocycles. The van der Waals surface area contributed by atoms with Crippen molar-refractivity contribution >= 4 is 11.6 Å². The lowest BCUT2D eigenvalue weighted by Crippen LogP contribution is -2.56. The minimum atomic E-state index is -0.485. The molecule has 1 heterocycles. The van der Waals surface area contributed by atoms with Gasteiger partial charge in [-0.05, 0) is 51.3 Å². The third-order valence-corrected chi connectivity index (χ3v) is 3.82. The maximum Gasteiger partial charge on any atom is 0.246 e. The molecular weight excluding hydrogens is 236 g/mol. The van der Waals surface area contributed by atoms with Crippen molar-refractivity contribution in [2.75, 3.05) is 18.0 Å². The molecule has 1 aromatic rings. The number of rotatable bonds is 2. The van der Waals surface area contributed by atoms with Crippen LogP contribution in [-0.2, 0) is 11.2 Å². The summed E-state index contributed by atoms with van der Waals surface area (Å²) in [6, 6.07) is 8.23. The van der Waals surface area contributed by atoms with Crippen LogP contribution in [0.2, 0.25) is 0 Å². The van der Waals surface area contributed by atoms with Gasteiger partial charge in [-0.15, -0.1) is 0 Å². The van der Waals surface area contributed by atoms with Gasteiger partial charge in [0, 0.05) is 12.2 Å². The molecule has 0 saturated carbocycles. The summed E-state index contributed by atoms with van der Waals surface area (Å²) < 4.78 is 0.